The zero-order valence-corrected chi connectivity index (χ0v) is 7.67. The first-order chi connectivity index (χ1) is 5.05. The van der Waals surface area contributed by atoms with Gasteiger partial charge in [0, 0.05) is 0 Å². The Hall–Kier alpha value is -0.0400. The van der Waals surface area contributed by atoms with E-state index in [1.54, 1.807) is 0 Å². The molecular formula is C10H18O. The van der Waals surface area contributed by atoms with Gasteiger partial charge in [0.25, 0.3) is 0 Å². The minimum Gasteiger partial charge on any atom is -0.393 e. The minimum absolute atomic E-state index is 0.0104. The minimum atomic E-state index is -0.0104. The second-order valence-electron chi connectivity index (χ2n) is 5.00. The highest BCUT2D eigenvalue weighted by Gasteiger charge is 2.62. The maximum atomic E-state index is 9.82. The number of aliphatic hydroxyl groups is 1. The lowest BCUT2D eigenvalue weighted by molar-refractivity contribution is 0.0612. The van der Waals surface area contributed by atoms with E-state index in [0.29, 0.717) is 17.3 Å². The molecule has 0 aromatic carbocycles. The molecule has 0 amide bonds. The number of rotatable bonds is 0. The third-order valence-electron chi connectivity index (χ3n) is 4.02. The standard InChI is InChI=1S/C10H18O/c1-6-4-5-7-8(9(6)11)10(7,2)3/h6-9,11H,4-5H2,1-3H3/t6-,7+,8+,9+/m0/s1. The molecule has 2 aliphatic carbocycles. The van der Waals surface area contributed by atoms with Crippen molar-refractivity contribution in [2.75, 3.05) is 0 Å². The van der Waals surface area contributed by atoms with E-state index in [4.69, 9.17) is 0 Å². The Morgan fingerprint density at radius 3 is 2.45 bits per heavy atom. The summed E-state index contributed by atoms with van der Waals surface area (Å²) in [5.74, 6) is 1.98. The van der Waals surface area contributed by atoms with Gasteiger partial charge in [-0.25, -0.2) is 0 Å². The highest BCUT2D eigenvalue weighted by atomic mass is 16.3. The summed E-state index contributed by atoms with van der Waals surface area (Å²) in [4.78, 5) is 0. The largest absolute Gasteiger partial charge is 0.393 e. The zero-order chi connectivity index (χ0) is 8.22. The summed E-state index contributed by atoms with van der Waals surface area (Å²) in [5.41, 5.74) is 0.449. The van der Waals surface area contributed by atoms with Crippen LogP contribution in [0, 0.1) is 23.2 Å². The number of hydrogen-bond donors (Lipinski definition) is 1. The Balaban J connectivity index is 2.12. The van der Waals surface area contributed by atoms with Gasteiger partial charge >= 0.3 is 0 Å². The maximum absolute atomic E-state index is 9.82. The van der Waals surface area contributed by atoms with Crippen LogP contribution in [0.4, 0.5) is 0 Å². The Labute approximate surface area is 68.8 Å². The van der Waals surface area contributed by atoms with Gasteiger partial charge < -0.3 is 5.11 Å². The highest BCUT2D eigenvalue weighted by molar-refractivity contribution is 5.11. The fraction of sp³-hybridized carbons (Fsp3) is 1.00. The Morgan fingerprint density at radius 1 is 1.27 bits per heavy atom. The molecule has 0 heterocycles. The molecule has 0 aromatic heterocycles. The summed E-state index contributed by atoms with van der Waals surface area (Å²) in [6.45, 7) is 6.77. The Bertz CT molecular complexity index is 174. The number of fused-ring (bicyclic) bond motifs is 1. The highest BCUT2D eigenvalue weighted by Crippen LogP contribution is 2.65. The molecule has 4 atom stereocenters. The first kappa shape index (κ1) is 7.60. The predicted molar refractivity (Wildman–Crippen MR) is 45.2 cm³/mol. The van der Waals surface area contributed by atoms with Crippen molar-refractivity contribution < 1.29 is 5.11 Å². The Kier molecular flexibility index (Phi) is 1.39. The molecule has 2 saturated carbocycles. The van der Waals surface area contributed by atoms with E-state index in [1.807, 2.05) is 0 Å². The first-order valence-corrected chi connectivity index (χ1v) is 4.73. The third kappa shape index (κ3) is 0.868. The second kappa shape index (κ2) is 2.01. The van der Waals surface area contributed by atoms with Gasteiger partial charge in [-0.15, -0.1) is 0 Å². The summed E-state index contributed by atoms with van der Waals surface area (Å²) >= 11 is 0. The SMILES string of the molecule is C[C@H]1CC[C@@H]2[C@H]([C@@H]1O)C2(C)C. The number of hydrogen-bond acceptors (Lipinski definition) is 1. The monoisotopic (exact) mass is 154 g/mol. The molecule has 0 radical (unpaired) electrons. The van der Waals surface area contributed by atoms with Gasteiger partial charge in [0.2, 0.25) is 0 Å². The van der Waals surface area contributed by atoms with Crippen molar-refractivity contribution in [2.45, 2.75) is 39.7 Å². The summed E-state index contributed by atoms with van der Waals surface area (Å²) in [7, 11) is 0. The summed E-state index contributed by atoms with van der Waals surface area (Å²) in [5, 5.41) is 9.82. The molecule has 64 valence electrons. The van der Waals surface area contributed by atoms with E-state index in [0.717, 1.165) is 5.92 Å². The predicted octanol–water partition coefficient (Wildman–Crippen LogP) is 2.05. The molecule has 0 spiro atoms. The van der Waals surface area contributed by atoms with Gasteiger partial charge in [-0.05, 0) is 36.0 Å². The topological polar surface area (TPSA) is 20.2 Å². The van der Waals surface area contributed by atoms with Crippen molar-refractivity contribution in [3.05, 3.63) is 0 Å². The molecule has 0 aliphatic heterocycles. The van der Waals surface area contributed by atoms with E-state index in [1.165, 1.54) is 12.8 Å². The molecule has 0 bridgehead atoms. The van der Waals surface area contributed by atoms with Gasteiger partial charge in [-0.2, -0.15) is 0 Å². The van der Waals surface area contributed by atoms with Gasteiger partial charge in [0.1, 0.15) is 0 Å². The van der Waals surface area contributed by atoms with Crippen molar-refractivity contribution >= 4 is 0 Å². The molecule has 2 fully saturated rings. The van der Waals surface area contributed by atoms with Gasteiger partial charge in [-0.3, -0.25) is 0 Å². The van der Waals surface area contributed by atoms with Crippen molar-refractivity contribution in [3.63, 3.8) is 0 Å². The fourth-order valence-electron chi connectivity index (χ4n) is 2.98. The third-order valence-corrected chi connectivity index (χ3v) is 4.02. The van der Waals surface area contributed by atoms with Crippen molar-refractivity contribution in [1.29, 1.82) is 0 Å². The average molecular weight is 154 g/mol. The van der Waals surface area contributed by atoms with Crippen LogP contribution in [-0.2, 0) is 0 Å². The van der Waals surface area contributed by atoms with Crippen LogP contribution in [0.2, 0.25) is 0 Å². The van der Waals surface area contributed by atoms with E-state index >= 15 is 0 Å². The van der Waals surface area contributed by atoms with E-state index in [-0.39, 0.29) is 6.10 Å². The lowest BCUT2D eigenvalue weighted by atomic mass is 9.88. The quantitative estimate of drug-likeness (QED) is 0.566. The molecule has 0 unspecified atom stereocenters. The molecular weight excluding hydrogens is 136 g/mol. The van der Waals surface area contributed by atoms with Crippen LogP contribution in [0.5, 0.6) is 0 Å². The summed E-state index contributed by atoms with van der Waals surface area (Å²) in [6, 6.07) is 0. The van der Waals surface area contributed by atoms with Crippen molar-refractivity contribution in [3.8, 4) is 0 Å². The van der Waals surface area contributed by atoms with Crippen molar-refractivity contribution in [1.82, 2.24) is 0 Å². The van der Waals surface area contributed by atoms with Crippen molar-refractivity contribution in [2.24, 2.45) is 23.2 Å². The molecule has 0 saturated heterocycles. The smallest absolute Gasteiger partial charge is 0.0601 e. The molecule has 2 aliphatic rings. The van der Waals surface area contributed by atoms with E-state index < -0.39 is 0 Å². The van der Waals surface area contributed by atoms with Crippen LogP contribution in [0.1, 0.15) is 33.6 Å². The molecule has 2 rings (SSSR count). The lowest BCUT2D eigenvalue weighted by Gasteiger charge is -2.23. The summed E-state index contributed by atoms with van der Waals surface area (Å²) < 4.78 is 0. The molecule has 1 heteroatoms. The van der Waals surface area contributed by atoms with Crippen LogP contribution < -0.4 is 0 Å². The van der Waals surface area contributed by atoms with Crippen LogP contribution in [0.15, 0.2) is 0 Å². The number of aliphatic hydroxyl groups excluding tert-OH is 1. The zero-order valence-electron chi connectivity index (χ0n) is 7.67. The molecule has 11 heavy (non-hydrogen) atoms. The van der Waals surface area contributed by atoms with Gasteiger partial charge in [0.15, 0.2) is 0 Å². The summed E-state index contributed by atoms with van der Waals surface area (Å²) in [6.07, 6.45) is 2.56. The Morgan fingerprint density at radius 2 is 1.91 bits per heavy atom. The van der Waals surface area contributed by atoms with Gasteiger partial charge in [0.05, 0.1) is 6.10 Å². The van der Waals surface area contributed by atoms with Crippen LogP contribution in [-0.4, -0.2) is 11.2 Å². The van der Waals surface area contributed by atoms with E-state index in [2.05, 4.69) is 20.8 Å². The molecule has 1 N–H and O–H groups in total. The average Bonchev–Trinajstić information content (AvgIpc) is 2.46. The van der Waals surface area contributed by atoms with Crippen LogP contribution in [0.25, 0.3) is 0 Å². The normalized spacial score (nSPS) is 53.5. The van der Waals surface area contributed by atoms with Crippen LogP contribution in [0.3, 0.4) is 0 Å². The second-order valence-corrected chi connectivity index (χ2v) is 5.00. The fourth-order valence-corrected chi connectivity index (χ4v) is 2.98. The van der Waals surface area contributed by atoms with Crippen LogP contribution >= 0.6 is 0 Å². The molecule has 1 nitrogen and oxygen atoms in total. The first-order valence-electron chi connectivity index (χ1n) is 4.73. The van der Waals surface area contributed by atoms with E-state index in [9.17, 15) is 5.11 Å². The lowest BCUT2D eigenvalue weighted by Crippen LogP contribution is -2.25. The van der Waals surface area contributed by atoms with Gasteiger partial charge in [-0.1, -0.05) is 20.8 Å². The maximum Gasteiger partial charge on any atom is 0.0601 e. The molecule has 0 aromatic rings.